The van der Waals surface area contributed by atoms with Crippen LogP contribution in [0.15, 0.2) is 54.2 Å². The fourth-order valence-corrected chi connectivity index (χ4v) is 5.87. The average Bonchev–Trinajstić information content (AvgIpc) is 3.39. The molecule has 3 aromatic rings. The van der Waals surface area contributed by atoms with E-state index < -0.39 is 0 Å². The van der Waals surface area contributed by atoms with Gasteiger partial charge in [0.05, 0.1) is 11.5 Å². The SMILES string of the molecule is CCCCCCCCCCCCCCOc1cc(OCC(=O)Nc2ccc(C[n+]3csc(C)c3)cc2)ccc1C(C)(C)C. The van der Waals surface area contributed by atoms with Gasteiger partial charge in [0.25, 0.3) is 5.91 Å². The van der Waals surface area contributed by atoms with E-state index in [2.05, 4.69) is 62.3 Å². The van der Waals surface area contributed by atoms with Gasteiger partial charge in [0.2, 0.25) is 5.51 Å². The van der Waals surface area contributed by atoms with Gasteiger partial charge in [-0.05, 0) is 42.5 Å². The second-order valence-corrected chi connectivity index (χ2v) is 13.9. The monoisotopic (exact) mass is 607 g/mol. The molecule has 1 amide bonds. The van der Waals surface area contributed by atoms with Crippen LogP contribution in [0, 0.1) is 6.92 Å². The summed E-state index contributed by atoms with van der Waals surface area (Å²) in [6.45, 7) is 12.4. The minimum atomic E-state index is -0.186. The predicted molar refractivity (Wildman–Crippen MR) is 181 cm³/mol. The normalized spacial score (nSPS) is 11.5. The van der Waals surface area contributed by atoms with Crippen LogP contribution in [0.25, 0.3) is 0 Å². The summed E-state index contributed by atoms with van der Waals surface area (Å²) >= 11 is 1.74. The van der Waals surface area contributed by atoms with Gasteiger partial charge < -0.3 is 14.8 Å². The van der Waals surface area contributed by atoms with Crippen molar-refractivity contribution in [1.82, 2.24) is 0 Å². The van der Waals surface area contributed by atoms with Crippen molar-refractivity contribution in [3.63, 3.8) is 0 Å². The minimum absolute atomic E-state index is 0.0469. The average molecular weight is 608 g/mol. The molecule has 1 aromatic heterocycles. The summed E-state index contributed by atoms with van der Waals surface area (Å²) in [5.74, 6) is 1.31. The molecule has 0 unspecified atom stereocenters. The molecular formula is C37H55N2O3S+. The number of ether oxygens (including phenoxy) is 2. The molecule has 1 N–H and O–H groups in total. The molecule has 6 heteroatoms. The number of rotatable bonds is 20. The fourth-order valence-electron chi connectivity index (χ4n) is 5.24. The fraction of sp³-hybridized carbons (Fsp3) is 0.568. The molecule has 0 fully saturated rings. The van der Waals surface area contributed by atoms with Gasteiger partial charge in [-0.1, -0.05) is 128 Å². The van der Waals surface area contributed by atoms with Crippen LogP contribution in [0.1, 0.15) is 121 Å². The number of aryl methyl sites for hydroxylation is 1. The maximum atomic E-state index is 12.6. The van der Waals surface area contributed by atoms with Crippen LogP contribution in [-0.2, 0) is 16.8 Å². The first kappa shape index (κ1) is 34.6. The number of thiazole rings is 1. The maximum Gasteiger partial charge on any atom is 0.262 e. The summed E-state index contributed by atoms with van der Waals surface area (Å²) in [6.07, 6.45) is 18.1. The van der Waals surface area contributed by atoms with E-state index in [0.717, 1.165) is 30.0 Å². The number of nitrogens with one attached hydrogen (secondary N) is 1. The van der Waals surface area contributed by atoms with Gasteiger partial charge in [0.15, 0.2) is 19.3 Å². The molecular weight excluding hydrogens is 552 g/mol. The Morgan fingerprint density at radius 3 is 2.05 bits per heavy atom. The quantitative estimate of drug-likeness (QED) is 0.103. The number of hydrogen-bond acceptors (Lipinski definition) is 4. The van der Waals surface area contributed by atoms with Crippen LogP contribution in [0.3, 0.4) is 0 Å². The van der Waals surface area contributed by atoms with Crippen LogP contribution in [0.5, 0.6) is 11.5 Å². The lowest BCUT2D eigenvalue weighted by molar-refractivity contribution is -0.683. The molecule has 5 nitrogen and oxygen atoms in total. The van der Waals surface area contributed by atoms with E-state index >= 15 is 0 Å². The Bertz CT molecular complexity index is 1210. The van der Waals surface area contributed by atoms with E-state index in [1.165, 1.54) is 81.1 Å². The highest BCUT2D eigenvalue weighted by atomic mass is 32.1. The number of carbonyl (C=O) groups excluding carboxylic acids is 1. The lowest BCUT2D eigenvalue weighted by Gasteiger charge is -2.23. The smallest absolute Gasteiger partial charge is 0.262 e. The number of unbranched alkanes of at least 4 members (excludes halogenated alkanes) is 11. The number of aromatic nitrogens is 1. The van der Waals surface area contributed by atoms with E-state index in [-0.39, 0.29) is 17.9 Å². The van der Waals surface area contributed by atoms with Crippen molar-refractivity contribution in [2.24, 2.45) is 0 Å². The molecule has 1 heterocycles. The number of carbonyl (C=O) groups is 1. The van der Waals surface area contributed by atoms with Gasteiger partial charge in [-0.25, -0.2) is 0 Å². The van der Waals surface area contributed by atoms with Crippen LogP contribution in [0.4, 0.5) is 5.69 Å². The molecule has 0 atom stereocenters. The largest absolute Gasteiger partial charge is 0.493 e. The second-order valence-electron chi connectivity index (χ2n) is 12.8. The molecule has 236 valence electrons. The molecule has 0 saturated carbocycles. The first-order valence-electron chi connectivity index (χ1n) is 16.5. The van der Waals surface area contributed by atoms with Crippen molar-refractivity contribution in [2.75, 3.05) is 18.5 Å². The molecule has 2 aromatic carbocycles. The van der Waals surface area contributed by atoms with Crippen molar-refractivity contribution in [3.8, 4) is 11.5 Å². The van der Waals surface area contributed by atoms with Crippen molar-refractivity contribution in [3.05, 3.63) is 70.2 Å². The lowest BCUT2D eigenvalue weighted by Crippen LogP contribution is -2.30. The standard InChI is InChI=1S/C37H54N2O3S/c1-6-7-8-9-10-11-12-13-14-15-16-17-24-41-35-25-33(22-23-34(35)37(3,4)5)42-28-36(40)38-32-20-18-31(19-21-32)27-39-26-30(2)43-29-39/h18-23,25-26,29H,6-17,24,27-28H2,1-5H3/p+1. The molecule has 0 radical (unpaired) electrons. The summed E-state index contributed by atoms with van der Waals surface area (Å²) in [5.41, 5.74) is 5.17. The summed E-state index contributed by atoms with van der Waals surface area (Å²) < 4.78 is 14.3. The summed E-state index contributed by atoms with van der Waals surface area (Å²) in [5, 5.41) is 2.94. The number of hydrogen-bond donors (Lipinski definition) is 1. The Hall–Kier alpha value is -2.86. The van der Waals surface area contributed by atoms with Gasteiger partial charge in [0.1, 0.15) is 11.5 Å². The zero-order valence-corrected chi connectivity index (χ0v) is 28.2. The van der Waals surface area contributed by atoms with Crippen molar-refractivity contribution in [1.29, 1.82) is 0 Å². The Labute approximate surface area is 265 Å². The maximum absolute atomic E-state index is 12.6. The van der Waals surface area contributed by atoms with E-state index in [1.54, 1.807) is 11.3 Å². The zero-order chi connectivity index (χ0) is 30.9. The highest BCUT2D eigenvalue weighted by molar-refractivity contribution is 7.09. The first-order valence-corrected chi connectivity index (χ1v) is 17.4. The molecule has 0 aliphatic rings. The van der Waals surface area contributed by atoms with Crippen LogP contribution in [0.2, 0.25) is 0 Å². The topological polar surface area (TPSA) is 51.4 Å². The van der Waals surface area contributed by atoms with Gasteiger partial charge in [-0.15, -0.1) is 0 Å². The molecule has 0 spiro atoms. The highest BCUT2D eigenvalue weighted by Gasteiger charge is 2.20. The third kappa shape index (κ3) is 13.5. The number of benzene rings is 2. The van der Waals surface area contributed by atoms with Crippen molar-refractivity contribution >= 4 is 22.9 Å². The number of anilines is 1. The predicted octanol–water partition coefficient (Wildman–Crippen LogP) is 9.79. The molecule has 0 aliphatic heterocycles. The van der Waals surface area contributed by atoms with E-state index in [9.17, 15) is 4.79 Å². The minimum Gasteiger partial charge on any atom is -0.493 e. The Kier molecular flexibility index (Phi) is 15.1. The zero-order valence-electron chi connectivity index (χ0n) is 27.4. The van der Waals surface area contributed by atoms with Crippen LogP contribution >= 0.6 is 11.3 Å². The highest BCUT2D eigenvalue weighted by Crippen LogP contribution is 2.34. The molecule has 0 bridgehead atoms. The third-order valence-electron chi connectivity index (χ3n) is 7.71. The Morgan fingerprint density at radius 2 is 1.47 bits per heavy atom. The van der Waals surface area contributed by atoms with Gasteiger partial charge in [-0.3, -0.25) is 4.79 Å². The number of nitrogens with zero attached hydrogens (tertiary/aromatic N) is 1. The van der Waals surface area contributed by atoms with Crippen LogP contribution < -0.4 is 19.4 Å². The van der Waals surface area contributed by atoms with E-state index in [1.807, 2.05) is 36.4 Å². The molecule has 43 heavy (non-hydrogen) atoms. The second kappa shape index (κ2) is 18.7. The first-order chi connectivity index (χ1) is 20.7. The molecule has 3 rings (SSSR count). The summed E-state index contributed by atoms with van der Waals surface area (Å²) in [7, 11) is 0. The van der Waals surface area contributed by atoms with Crippen molar-refractivity contribution < 1.29 is 18.8 Å². The molecule has 0 saturated heterocycles. The molecule has 0 aliphatic carbocycles. The summed E-state index contributed by atoms with van der Waals surface area (Å²) in [4.78, 5) is 13.9. The Balaban J connectivity index is 1.38. The van der Waals surface area contributed by atoms with Gasteiger partial charge in [0, 0.05) is 17.3 Å². The van der Waals surface area contributed by atoms with Crippen LogP contribution in [-0.4, -0.2) is 19.1 Å². The van der Waals surface area contributed by atoms with Gasteiger partial charge in [-0.2, -0.15) is 4.57 Å². The Morgan fingerprint density at radius 1 is 0.837 bits per heavy atom. The lowest BCUT2D eigenvalue weighted by atomic mass is 9.86. The third-order valence-corrected chi connectivity index (χ3v) is 8.56. The van der Waals surface area contributed by atoms with Gasteiger partial charge >= 0.3 is 0 Å². The van der Waals surface area contributed by atoms with E-state index in [4.69, 9.17) is 9.47 Å². The summed E-state index contributed by atoms with van der Waals surface area (Å²) in [6, 6.07) is 13.9. The number of amides is 1. The van der Waals surface area contributed by atoms with E-state index in [0.29, 0.717) is 12.4 Å². The van der Waals surface area contributed by atoms with Crippen molar-refractivity contribution in [2.45, 2.75) is 124 Å².